The summed E-state index contributed by atoms with van der Waals surface area (Å²) in [6.07, 6.45) is 2.80. The molecule has 0 aliphatic carbocycles. The number of rotatable bonds is 7. The van der Waals surface area contributed by atoms with Crippen LogP contribution in [0, 0.1) is 11.2 Å². The molecule has 1 atom stereocenters. The van der Waals surface area contributed by atoms with Crippen molar-refractivity contribution in [2.75, 3.05) is 13.7 Å². The van der Waals surface area contributed by atoms with E-state index >= 15 is 0 Å². The highest BCUT2D eigenvalue weighted by Gasteiger charge is 2.23. The van der Waals surface area contributed by atoms with Crippen molar-refractivity contribution in [1.82, 2.24) is 5.32 Å². The molecule has 1 unspecified atom stereocenters. The number of hydrogen-bond acceptors (Lipinski definition) is 2. The Bertz CT molecular complexity index is 412. The van der Waals surface area contributed by atoms with Gasteiger partial charge in [-0.05, 0) is 42.9 Å². The normalized spacial score (nSPS) is 13.3. The van der Waals surface area contributed by atoms with E-state index < -0.39 is 0 Å². The monoisotopic (exact) mass is 281 g/mol. The average Bonchev–Trinajstić information content (AvgIpc) is 2.38. The molecule has 0 radical (unpaired) electrons. The van der Waals surface area contributed by atoms with Gasteiger partial charge in [-0.3, -0.25) is 0 Å². The second kappa shape index (κ2) is 7.63. The van der Waals surface area contributed by atoms with Crippen molar-refractivity contribution in [3.05, 3.63) is 29.6 Å². The van der Waals surface area contributed by atoms with Crippen LogP contribution < -0.4 is 10.1 Å². The number of methoxy groups -OCH3 is 1. The van der Waals surface area contributed by atoms with Gasteiger partial charge in [0.15, 0.2) is 0 Å². The maximum absolute atomic E-state index is 13.9. The van der Waals surface area contributed by atoms with Crippen LogP contribution in [0.3, 0.4) is 0 Å². The summed E-state index contributed by atoms with van der Waals surface area (Å²) in [4.78, 5) is 0. The fourth-order valence-corrected chi connectivity index (χ4v) is 2.32. The summed E-state index contributed by atoms with van der Waals surface area (Å²) in [6, 6.07) is 5.50. The van der Waals surface area contributed by atoms with Crippen molar-refractivity contribution in [2.24, 2.45) is 5.41 Å². The molecule has 0 heterocycles. The van der Waals surface area contributed by atoms with Crippen molar-refractivity contribution in [3.8, 4) is 5.75 Å². The molecule has 20 heavy (non-hydrogen) atoms. The van der Waals surface area contributed by atoms with Gasteiger partial charge >= 0.3 is 0 Å². The van der Waals surface area contributed by atoms with E-state index in [2.05, 4.69) is 33.0 Å². The van der Waals surface area contributed by atoms with Gasteiger partial charge in [-0.2, -0.15) is 0 Å². The minimum absolute atomic E-state index is 0.174. The molecule has 0 fully saturated rings. The van der Waals surface area contributed by atoms with Crippen molar-refractivity contribution >= 4 is 0 Å². The smallest absolute Gasteiger partial charge is 0.130 e. The Hall–Kier alpha value is -1.09. The van der Waals surface area contributed by atoms with E-state index in [0.29, 0.717) is 11.8 Å². The van der Waals surface area contributed by atoms with Crippen LogP contribution in [0.2, 0.25) is 0 Å². The molecule has 0 saturated carbocycles. The van der Waals surface area contributed by atoms with Gasteiger partial charge in [0, 0.05) is 12.1 Å². The Morgan fingerprint density at radius 2 is 2.00 bits per heavy atom. The molecular formula is C17H28FNO. The SMILES string of the molecule is CCCNC(CCc1ccc(OC)cc1F)C(C)(C)C. The molecule has 0 aromatic heterocycles. The van der Waals surface area contributed by atoms with Gasteiger partial charge in [-0.15, -0.1) is 0 Å². The highest BCUT2D eigenvalue weighted by atomic mass is 19.1. The van der Waals surface area contributed by atoms with E-state index in [-0.39, 0.29) is 11.2 Å². The molecule has 0 bridgehead atoms. The van der Waals surface area contributed by atoms with Gasteiger partial charge in [-0.1, -0.05) is 33.8 Å². The summed E-state index contributed by atoms with van der Waals surface area (Å²) in [5.41, 5.74) is 0.941. The molecule has 3 heteroatoms. The van der Waals surface area contributed by atoms with Crippen molar-refractivity contribution in [2.45, 2.75) is 53.0 Å². The van der Waals surface area contributed by atoms with Crippen LogP contribution in [0.4, 0.5) is 4.39 Å². The van der Waals surface area contributed by atoms with Crippen LogP contribution in [-0.2, 0) is 6.42 Å². The third-order valence-corrected chi connectivity index (χ3v) is 3.65. The predicted octanol–water partition coefficient (Wildman–Crippen LogP) is 4.18. The van der Waals surface area contributed by atoms with Crippen molar-refractivity contribution < 1.29 is 9.13 Å². The third kappa shape index (κ3) is 5.12. The van der Waals surface area contributed by atoms with Crippen LogP contribution in [0.5, 0.6) is 5.75 Å². The lowest BCUT2D eigenvalue weighted by atomic mass is 9.83. The Morgan fingerprint density at radius 3 is 2.50 bits per heavy atom. The predicted molar refractivity (Wildman–Crippen MR) is 82.8 cm³/mol. The molecule has 0 aliphatic heterocycles. The van der Waals surface area contributed by atoms with Crippen LogP contribution in [0.1, 0.15) is 46.1 Å². The average molecular weight is 281 g/mol. The molecule has 1 N–H and O–H groups in total. The van der Waals surface area contributed by atoms with E-state index in [1.165, 1.54) is 6.07 Å². The van der Waals surface area contributed by atoms with E-state index in [1.807, 2.05) is 12.1 Å². The van der Waals surface area contributed by atoms with Gasteiger partial charge in [0.25, 0.3) is 0 Å². The van der Waals surface area contributed by atoms with E-state index in [0.717, 1.165) is 31.4 Å². The molecule has 0 amide bonds. The Balaban J connectivity index is 2.67. The van der Waals surface area contributed by atoms with Crippen LogP contribution in [0.15, 0.2) is 18.2 Å². The Kier molecular flexibility index (Phi) is 6.47. The molecule has 1 rings (SSSR count). The van der Waals surface area contributed by atoms with Gasteiger partial charge in [-0.25, -0.2) is 4.39 Å². The first-order valence-electron chi connectivity index (χ1n) is 7.44. The first-order valence-corrected chi connectivity index (χ1v) is 7.44. The molecule has 0 aliphatic rings. The topological polar surface area (TPSA) is 21.3 Å². The number of hydrogen-bond donors (Lipinski definition) is 1. The molecular weight excluding hydrogens is 253 g/mol. The molecule has 1 aromatic rings. The lowest BCUT2D eigenvalue weighted by Gasteiger charge is -2.32. The van der Waals surface area contributed by atoms with E-state index in [4.69, 9.17) is 4.74 Å². The van der Waals surface area contributed by atoms with Crippen molar-refractivity contribution in [1.29, 1.82) is 0 Å². The molecule has 1 aromatic carbocycles. The number of nitrogens with one attached hydrogen (secondary N) is 1. The minimum atomic E-state index is -0.174. The zero-order chi connectivity index (χ0) is 15.2. The van der Waals surface area contributed by atoms with Crippen LogP contribution in [0.25, 0.3) is 0 Å². The minimum Gasteiger partial charge on any atom is -0.497 e. The first-order chi connectivity index (χ1) is 9.38. The van der Waals surface area contributed by atoms with Crippen LogP contribution in [-0.4, -0.2) is 19.7 Å². The zero-order valence-electron chi connectivity index (χ0n) is 13.4. The summed E-state index contributed by atoms with van der Waals surface area (Å²) in [7, 11) is 1.55. The number of halogens is 1. The van der Waals surface area contributed by atoms with Crippen LogP contribution >= 0.6 is 0 Å². The maximum atomic E-state index is 13.9. The second-order valence-electron chi connectivity index (χ2n) is 6.37. The number of aryl methyl sites for hydroxylation is 1. The summed E-state index contributed by atoms with van der Waals surface area (Å²) < 4.78 is 19.0. The molecule has 114 valence electrons. The van der Waals surface area contributed by atoms with Gasteiger partial charge in [0.1, 0.15) is 11.6 Å². The quantitative estimate of drug-likeness (QED) is 0.809. The van der Waals surface area contributed by atoms with Crippen molar-refractivity contribution in [3.63, 3.8) is 0 Å². The second-order valence-corrected chi connectivity index (χ2v) is 6.37. The summed E-state index contributed by atoms with van der Waals surface area (Å²) in [5.74, 6) is 0.398. The first kappa shape index (κ1) is 17.0. The highest BCUT2D eigenvalue weighted by Crippen LogP contribution is 2.25. The van der Waals surface area contributed by atoms with Gasteiger partial charge in [0.2, 0.25) is 0 Å². The number of ether oxygens (including phenoxy) is 1. The van der Waals surface area contributed by atoms with E-state index in [1.54, 1.807) is 7.11 Å². The Morgan fingerprint density at radius 1 is 1.30 bits per heavy atom. The fraction of sp³-hybridized carbons (Fsp3) is 0.647. The summed E-state index contributed by atoms with van der Waals surface area (Å²) in [5, 5.41) is 3.57. The molecule has 0 saturated heterocycles. The standard InChI is InChI=1S/C17H28FNO/c1-6-11-19-16(17(2,3)4)10-8-13-7-9-14(20-5)12-15(13)18/h7,9,12,16,19H,6,8,10-11H2,1-5H3. The summed E-state index contributed by atoms with van der Waals surface area (Å²) >= 11 is 0. The van der Waals surface area contributed by atoms with Gasteiger partial charge < -0.3 is 10.1 Å². The number of benzene rings is 1. The largest absolute Gasteiger partial charge is 0.497 e. The van der Waals surface area contributed by atoms with Gasteiger partial charge in [0.05, 0.1) is 7.11 Å². The molecule has 0 spiro atoms. The van der Waals surface area contributed by atoms with E-state index in [9.17, 15) is 4.39 Å². The molecule has 2 nitrogen and oxygen atoms in total. The summed E-state index contributed by atoms with van der Waals surface area (Å²) in [6.45, 7) is 9.85. The highest BCUT2D eigenvalue weighted by molar-refractivity contribution is 5.29. The zero-order valence-corrected chi connectivity index (χ0v) is 13.4. The third-order valence-electron chi connectivity index (χ3n) is 3.65. The lowest BCUT2D eigenvalue weighted by molar-refractivity contribution is 0.254. The lowest BCUT2D eigenvalue weighted by Crippen LogP contribution is -2.41. The fourth-order valence-electron chi connectivity index (χ4n) is 2.32. The maximum Gasteiger partial charge on any atom is 0.130 e. The Labute approximate surface area is 122 Å².